The van der Waals surface area contributed by atoms with Crippen molar-refractivity contribution in [2.24, 2.45) is 0 Å². The van der Waals surface area contributed by atoms with Crippen LogP contribution in [0.2, 0.25) is 0 Å². The van der Waals surface area contributed by atoms with Gasteiger partial charge in [-0.3, -0.25) is 0 Å². The van der Waals surface area contributed by atoms with Crippen LogP contribution in [0.15, 0.2) is 192 Å². The Morgan fingerprint density at radius 1 is 0.375 bits per heavy atom. The fourth-order valence-electron chi connectivity index (χ4n) is 9.66. The minimum absolute atomic E-state index is 0.868. The van der Waals surface area contributed by atoms with Gasteiger partial charge < -0.3 is 18.1 Å². The Morgan fingerprint density at radius 2 is 0.964 bits per heavy atom. The Bertz CT molecular complexity index is 3710. The maximum absolute atomic E-state index is 6.47. The number of hydrogen-bond donors (Lipinski definition) is 0. The molecular formula is C52H31N3O. The summed E-state index contributed by atoms with van der Waals surface area (Å²) in [6, 6.07) is 68.3. The van der Waals surface area contributed by atoms with E-state index in [0.29, 0.717) is 0 Å². The summed E-state index contributed by atoms with van der Waals surface area (Å²) < 4.78 is 11.5. The summed E-state index contributed by atoms with van der Waals surface area (Å²) in [7, 11) is 0. The molecule has 0 saturated carbocycles. The Balaban J connectivity index is 1.13. The van der Waals surface area contributed by atoms with E-state index in [1.807, 2.05) is 6.07 Å². The van der Waals surface area contributed by atoms with Gasteiger partial charge >= 0.3 is 0 Å². The van der Waals surface area contributed by atoms with Crippen molar-refractivity contribution in [1.29, 1.82) is 0 Å². The lowest BCUT2D eigenvalue weighted by molar-refractivity contribution is 0.669. The quantitative estimate of drug-likeness (QED) is 0.170. The third-order valence-corrected chi connectivity index (χ3v) is 12.0. The fraction of sp³-hybridized carbons (Fsp3) is 0. The molecule has 4 nitrogen and oxygen atoms in total. The van der Waals surface area contributed by atoms with Crippen molar-refractivity contribution in [3.05, 3.63) is 188 Å². The lowest BCUT2D eigenvalue weighted by Gasteiger charge is -2.27. The van der Waals surface area contributed by atoms with Crippen LogP contribution < -0.4 is 4.90 Å². The van der Waals surface area contributed by atoms with Gasteiger partial charge in [0.2, 0.25) is 0 Å². The molecule has 4 heteroatoms. The number of anilines is 3. The van der Waals surface area contributed by atoms with Crippen LogP contribution in [-0.2, 0) is 0 Å². The number of para-hydroxylation sites is 3. The van der Waals surface area contributed by atoms with E-state index in [1.165, 1.54) is 71.0 Å². The molecule has 13 aromatic rings. The molecule has 0 atom stereocenters. The van der Waals surface area contributed by atoms with Gasteiger partial charge in [0.05, 0.1) is 44.2 Å². The molecule has 260 valence electrons. The molecule has 0 saturated heterocycles. The van der Waals surface area contributed by atoms with Crippen LogP contribution >= 0.6 is 0 Å². The van der Waals surface area contributed by atoms with Gasteiger partial charge in [0.1, 0.15) is 11.2 Å². The SMILES string of the molecule is c1ccc2c(-c3ccc(N(c4ccc5c(c4)n4c6ccccc6c6ccc7c8ccccc8n5c7c64)c4cccc5oc6ccccc6c45)cc3)cccc2c1. The molecule has 56 heavy (non-hydrogen) atoms. The topological polar surface area (TPSA) is 25.2 Å². The third kappa shape index (κ3) is 3.92. The summed E-state index contributed by atoms with van der Waals surface area (Å²) in [5, 5.41) is 9.75. The molecule has 9 aromatic carbocycles. The second kappa shape index (κ2) is 11.0. The average molecular weight is 714 g/mol. The van der Waals surface area contributed by atoms with Gasteiger partial charge in [0, 0.05) is 38.3 Å². The molecule has 4 heterocycles. The van der Waals surface area contributed by atoms with Crippen LogP contribution in [-0.4, -0.2) is 8.80 Å². The minimum atomic E-state index is 0.868. The predicted octanol–water partition coefficient (Wildman–Crippen LogP) is 14.4. The first-order chi connectivity index (χ1) is 27.8. The van der Waals surface area contributed by atoms with Crippen molar-refractivity contribution in [1.82, 2.24) is 8.80 Å². The van der Waals surface area contributed by atoms with Crippen LogP contribution in [0.3, 0.4) is 0 Å². The average Bonchev–Trinajstić information content (AvgIpc) is 3.92. The van der Waals surface area contributed by atoms with Crippen LogP contribution in [0.1, 0.15) is 0 Å². The zero-order valence-corrected chi connectivity index (χ0v) is 30.1. The molecule has 0 unspecified atom stereocenters. The molecule has 0 N–H and O–H groups in total. The molecular weight excluding hydrogens is 683 g/mol. The highest BCUT2D eigenvalue weighted by Gasteiger charge is 2.24. The molecule has 4 aromatic heterocycles. The van der Waals surface area contributed by atoms with Crippen molar-refractivity contribution in [3.8, 4) is 11.1 Å². The van der Waals surface area contributed by atoms with Crippen molar-refractivity contribution in [2.45, 2.75) is 0 Å². The molecule has 0 amide bonds. The highest BCUT2D eigenvalue weighted by atomic mass is 16.3. The molecule has 0 aliphatic carbocycles. The first kappa shape index (κ1) is 29.8. The van der Waals surface area contributed by atoms with Crippen LogP contribution in [0, 0.1) is 0 Å². The first-order valence-corrected chi connectivity index (χ1v) is 19.2. The number of fused-ring (bicyclic) bond motifs is 13. The van der Waals surface area contributed by atoms with Gasteiger partial charge in [-0.15, -0.1) is 0 Å². The number of hydrogen-bond acceptors (Lipinski definition) is 2. The van der Waals surface area contributed by atoms with E-state index < -0.39 is 0 Å². The normalized spacial score (nSPS) is 12.3. The third-order valence-electron chi connectivity index (χ3n) is 12.0. The van der Waals surface area contributed by atoms with Crippen LogP contribution in [0.5, 0.6) is 0 Å². The Hall–Kier alpha value is -7.56. The van der Waals surface area contributed by atoms with E-state index in [-0.39, 0.29) is 0 Å². The molecule has 0 spiro atoms. The minimum Gasteiger partial charge on any atom is -0.456 e. The van der Waals surface area contributed by atoms with Crippen molar-refractivity contribution in [2.75, 3.05) is 4.90 Å². The zero-order valence-electron chi connectivity index (χ0n) is 30.1. The monoisotopic (exact) mass is 713 g/mol. The first-order valence-electron chi connectivity index (χ1n) is 19.2. The Labute approximate surface area is 320 Å². The highest BCUT2D eigenvalue weighted by molar-refractivity contribution is 6.25. The van der Waals surface area contributed by atoms with Gasteiger partial charge in [-0.05, 0) is 82.6 Å². The summed E-state index contributed by atoms with van der Waals surface area (Å²) in [6.45, 7) is 0. The summed E-state index contributed by atoms with van der Waals surface area (Å²) in [5.74, 6) is 0. The summed E-state index contributed by atoms with van der Waals surface area (Å²) in [5.41, 5.74) is 14.6. The second-order valence-electron chi connectivity index (χ2n) is 14.9. The largest absolute Gasteiger partial charge is 0.456 e. The molecule has 0 bridgehead atoms. The highest BCUT2D eigenvalue weighted by Crippen LogP contribution is 2.46. The Morgan fingerprint density at radius 3 is 1.73 bits per heavy atom. The predicted molar refractivity (Wildman–Crippen MR) is 234 cm³/mol. The van der Waals surface area contributed by atoms with E-state index in [9.17, 15) is 0 Å². The number of furan rings is 1. The van der Waals surface area contributed by atoms with Gasteiger partial charge in [0.25, 0.3) is 0 Å². The van der Waals surface area contributed by atoms with E-state index in [2.05, 4.69) is 196 Å². The van der Waals surface area contributed by atoms with Gasteiger partial charge in [-0.1, -0.05) is 127 Å². The summed E-state index contributed by atoms with van der Waals surface area (Å²) in [6.07, 6.45) is 0. The van der Waals surface area contributed by atoms with Crippen LogP contribution in [0.25, 0.3) is 98.5 Å². The maximum Gasteiger partial charge on any atom is 0.137 e. The lowest BCUT2D eigenvalue weighted by atomic mass is 9.98. The summed E-state index contributed by atoms with van der Waals surface area (Å²) >= 11 is 0. The Kier molecular flexibility index (Phi) is 5.86. The van der Waals surface area contributed by atoms with Crippen LogP contribution in [0.4, 0.5) is 17.1 Å². The van der Waals surface area contributed by atoms with Gasteiger partial charge in [-0.25, -0.2) is 0 Å². The summed E-state index contributed by atoms with van der Waals surface area (Å²) in [4.78, 5) is 2.41. The molecule has 0 aliphatic rings. The van der Waals surface area contributed by atoms with Crippen molar-refractivity contribution >= 4 is 104 Å². The van der Waals surface area contributed by atoms with E-state index in [1.54, 1.807) is 0 Å². The van der Waals surface area contributed by atoms with Gasteiger partial charge in [-0.2, -0.15) is 0 Å². The number of rotatable bonds is 4. The lowest BCUT2D eigenvalue weighted by Crippen LogP contribution is -2.11. The second-order valence-corrected chi connectivity index (χ2v) is 14.9. The fourth-order valence-corrected chi connectivity index (χ4v) is 9.66. The maximum atomic E-state index is 6.47. The smallest absolute Gasteiger partial charge is 0.137 e. The standard InChI is InChI=1S/C52H31N3O/c1-2-13-36-32(11-1)12-9-17-37(36)33-23-25-34(26-24-33)53(46-20-10-22-49-50(46)42-16-5-8-21-48(42)56-49)35-27-30-45-47(31-35)55-44-19-7-4-15-39(44)41-29-28-40-38-14-3-6-18-43(38)54(45)51(40)52(41)55/h1-31H. The van der Waals surface area contributed by atoms with Crippen molar-refractivity contribution < 1.29 is 4.42 Å². The van der Waals surface area contributed by atoms with Crippen molar-refractivity contribution in [3.63, 3.8) is 0 Å². The molecule has 0 radical (unpaired) electrons. The number of aromatic nitrogens is 2. The van der Waals surface area contributed by atoms with E-state index in [0.717, 1.165) is 44.5 Å². The van der Waals surface area contributed by atoms with E-state index >= 15 is 0 Å². The molecule has 13 rings (SSSR count). The number of nitrogens with zero attached hydrogens (tertiary/aromatic N) is 3. The number of benzene rings is 9. The van der Waals surface area contributed by atoms with E-state index in [4.69, 9.17) is 4.42 Å². The van der Waals surface area contributed by atoms with Gasteiger partial charge in [0.15, 0.2) is 0 Å². The zero-order chi connectivity index (χ0) is 36.5. The molecule has 0 fully saturated rings. The molecule has 0 aliphatic heterocycles.